The molecule has 0 aliphatic heterocycles. The Morgan fingerprint density at radius 3 is 2.92 bits per heavy atom. The normalized spacial score (nSPS) is 16.6. The maximum atomic E-state index is 12.3. The van der Waals surface area contributed by atoms with Crippen molar-refractivity contribution in [2.45, 2.75) is 56.6 Å². The number of thioether (sulfide) groups is 1. The Bertz CT molecular complexity index is 647. The number of carbonyl (C=O) groups is 1. The Hall–Kier alpha value is -1.34. The lowest BCUT2D eigenvalue weighted by atomic mass is 10.0. The summed E-state index contributed by atoms with van der Waals surface area (Å²) in [5.41, 5.74) is 0. The minimum atomic E-state index is 0.0271. The van der Waals surface area contributed by atoms with Crippen molar-refractivity contribution in [2.24, 2.45) is 5.92 Å². The zero-order chi connectivity index (χ0) is 16.9. The van der Waals surface area contributed by atoms with E-state index in [0.29, 0.717) is 22.7 Å². The van der Waals surface area contributed by atoms with Crippen LogP contribution in [0.3, 0.4) is 0 Å². The van der Waals surface area contributed by atoms with Crippen LogP contribution in [-0.2, 0) is 4.79 Å². The number of H-pyrrole nitrogens is 1. The molecule has 1 amide bonds. The van der Waals surface area contributed by atoms with E-state index in [-0.39, 0.29) is 11.9 Å². The molecule has 5 nitrogen and oxygen atoms in total. The van der Waals surface area contributed by atoms with Gasteiger partial charge in [-0.2, -0.15) is 0 Å². The molecule has 0 aromatic carbocycles. The maximum Gasteiger partial charge on any atom is 0.230 e. The number of hydrogen-bond donors (Lipinski definition) is 2. The van der Waals surface area contributed by atoms with E-state index in [1.54, 1.807) is 11.3 Å². The summed E-state index contributed by atoms with van der Waals surface area (Å²) in [5, 5.41) is 13.1. The van der Waals surface area contributed by atoms with Crippen LogP contribution < -0.4 is 5.32 Å². The molecule has 0 spiro atoms. The van der Waals surface area contributed by atoms with E-state index in [4.69, 9.17) is 0 Å². The quantitative estimate of drug-likeness (QED) is 0.725. The summed E-state index contributed by atoms with van der Waals surface area (Å²) in [6.07, 6.45) is 4.93. The number of nitrogens with one attached hydrogen (secondary N) is 2. The number of amides is 1. The molecular formula is C17H24N4OS2. The van der Waals surface area contributed by atoms with Gasteiger partial charge in [0.15, 0.2) is 0 Å². The van der Waals surface area contributed by atoms with Crippen LogP contribution in [0.1, 0.15) is 62.2 Å². The Morgan fingerprint density at radius 2 is 2.25 bits per heavy atom. The van der Waals surface area contributed by atoms with Crippen LogP contribution in [0.5, 0.6) is 0 Å². The van der Waals surface area contributed by atoms with Gasteiger partial charge in [0.05, 0.1) is 11.8 Å². The molecule has 0 saturated heterocycles. The summed E-state index contributed by atoms with van der Waals surface area (Å²) in [6, 6.07) is 4.17. The largest absolute Gasteiger partial charge is 0.347 e. The van der Waals surface area contributed by atoms with Gasteiger partial charge in [-0.3, -0.25) is 9.89 Å². The van der Waals surface area contributed by atoms with Crippen LogP contribution in [0, 0.1) is 5.92 Å². The average molecular weight is 365 g/mol. The first-order chi connectivity index (χ1) is 11.6. The van der Waals surface area contributed by atoms with Crippen molar-refractivity contribution >= 4 is 29.0 Å². The number of carbonyl (C=O) groups excluding carboxylic acids is 1. The molecule has 1 aliphatic carbocycles. The lowest BCUT2D eigenvalue weighted by Crippen LogP contribution is -2.32. The summed E-state index contributed by atoms with van der Waals surface area (Å²) in [7, 11) is 0. The van der Waals surface area contributed by atoms with Crippen molar-refractivity contribution in [2.75, 3.05) is 5.75 Å². The van der Waals surface area contributed by atoms with Crippen LogP contribution in [0.4, 0.5) is 0 Å². The van der Waals surface area contributed by atoms with Crippen LogP contribution in [0.15, 0.2) is 22.7 Å². The van der Waals surface area contributed by atoms with E-state index in [2.05, 4.69) is 40.4 Å². The molecule has 2 heterocycles. The van der Waals surface area contributed by atoms with E-state index in [9.17, 15) is 4.79 Å². The highest BCUT2D eigenvalue weighted by molar-refractivity contribution is 7.99. The monoisotopic (exact) mass is 364 g/mol. The molecule has 24 heavy (non-hydrogen) atoms. The molecule has 0 bridgehead atoms. The second-order valence-corrected chi connectivity index (χ2v) is 8.50. The van der Waals surface area contributed by atoms with Crippen molar-refractivity contribution < 1.29 is 4.79 Å². The van der Waals surface area contributed by atoms with Gasteiger partial charge < -0.3 is 5.32 Å². The number of rotatable bonds is 7. The van der Waals surface area contributed by atoms with E-state index in [0.717, 1.165) is 5.82 Å². The fraction of sp³-hybridized carbons (Fsp3) is 0.588. The predicted octanol–water partition coefficient (Wildman–Crippen LogP) is 4.13. The topological polar surface area (TPSA) is 70.7 Å². The zero-order valence-electron chi connectivity index (χ0n) is 14.1. The van der Waals surface area contributed by atoms with E-state index in [1.807, 2.05) is 11.4 Å². The molecule has 1 aliphatic rings. The third-order valence-electron chi connectivity index (χ3n) is 4.39. The number of hydrogen-bond acceptors (Lipinski definition) is 5. The predicted molar refractivity (Wildman–Crippen MR) is 98.4 cm³/mol. The molecule has 2 N–H and O–H groups in total. The Labute approximate surface area is 151 Å². The Kier molecular flexibility index (Phi) is 5.94. The van der Waals surface area contributed by atoms with E-state index in [1.165, 1.54) is 42.3 Å². The second-order valence-electron chi connectivity index (χ2n) is 6.58. The van der Waals surface area contributed by atoms with Gasteiger partial charge in [-0.25, -0.2) is 4.98 Å². The number of nitrogens with zero attached hydrogens (tertiary/aromatic N) is 2. The van der Waals surface area contributed by atoms with Gasteiger partial charge in [0.25, 0.3) is 0 Å². The second kappa shape index (κ2) is 8.16. The summed E-state index contributed by atoms with van der Waals surface area (Å²) in [6.45, 7) is 4.25. The maximum absolute atomic E-state index is 12.3. The molecule has 1 unspecified atom stereocenters. The summed E-state index contributed by atoms with van der Waals surface area (Å²) >= 11 is 3.08. The van der Waals surface area contributed by atoms with Crippen molar-refractivity contribution in [1.82, 2.24) is 20.5 Å². The molecule has 2 aromatic heterocycles. The van der Waals surface area contributed by atoms with Gasteiger partial charge in [-0.1, -0.05) is 44.5 Å². The minimum absolute atomic E-state index is 0.0271. The van der Waals surface area contributed by atoms with Gasteiger partial charge in [0, 0.05) is 10.8 Å². The Morgan fingerprint density at radius 1 is 1.46 bits per heavy atom. The number of thiophene rings is 1. The van der Waals surface area contributed by atoms with Crippen molar-refractivity contribution in [3.8, 4) is 0 Å². The molecule has 130 valence electrons. The minimum Gasteiger partial charge on any atom is -0.347 e. The molecule has 2 aromatic rings. The first-order valence-corrected chi connectivity index (χ1v) is 10.4. The lowest BCUT2D eigenvalue weighted by Gasteiger charge is -2.21. The molecule has 0 radical (unpaired) electrons. The summed E-state index contributed by atoms with van der Waals surface area (Å²) in [4.78, 5) is 18.0. The molecule has 1 atom stereocenters. The van der Waals surface area contributed by atoms with Crippen LogP contribution >= 0.6 is 23.1 Å². The first-order valence-electron chi connectivity index (χ1n) is 8.51. The first kappa shape index (κ1) is 17.5. The molecule has 3 rings (SSSR count). The number of aromatic amines is 1. The fourth-order valence-electron chi connectivity index (χ4n) is 3.08. The molecule has 7 heteroatoms. The van der Waals surface area contributed by atoms with Gasteiger partial charge in [-0.15, -0.1) is 16.4 Å². The molecule has 1 saturated carbocycles. The van der Waals surface area contributed by atoms with E-state index >= 15 is 0 Å². The van der Waals surface area contributed by atoms with Crippen LogP contribution in [0.25, 0.3) is 0 Å². The van der Waals surface area contributed by atoms with Crippen molar-refractivity contribution in [1.29, 1.82) is 0 Å². The molecule has 1 fully saturated rings. The zero-order valence-corrected chi connectivity index (χ0v) is 15.8. The highest BCUT2D eigenvalue weighted by atomic mass is 32.2. The standard InChI is InChI=1S/C17H24N4OS2/c1-11(2)15(13-8-5-9-23-13)18-14(22)10-24-17-19-16(20-21-17)12-6-3-4-7-12/h5,8-9,11-12,15H,3-4,6-7,10H2,1-2H3,(H,18,22)(H,19,20,21). The van der Waals surface area contributed by atoms with Gasteiger partial charge >= 0.3 is 0 Å². The lowest BCUT2D eigenvalue weighted by molar-refractivity contribution is -0.119. The van der Waals surface area contributed by atoms with Crippen LogP contribution in [-0.4, -0.2) is 26.8 Å². The van der Waals surface area contributed by atoms with Crippen molar-refractivity contribution in [3.05, 3.63) is 28.2 Å². The van der Waals surface area contributed by atoms with Crippen LogP contribution in [0.2, 0.25) is 0 Å². The highest BCUT2D eigenvalue weighted by Crippen LogP contribution is 2.32. The summed E-state index contributed by atoms with van der Waals surface area (Å²) < 4.78 is 0. The average Bonchev–Trinajstić information content (AvgIpc) is 3.32. The van der Waals surface area contributed by atoms with Crippen molar-refractivity contribution in [3.63, 3.8) is 0 Å². The van der Waals surface area contributed by atoms with Gasteiger partial charge in [-0.05, 0) is 30.2 Å². The third-order valence-corrected chi connectivity index (χ3v) is 6.19. The highest BCUT2D eigenvalue weighted by Gasteiger charge is 2.22. The van der Waals surface area contributed by atoms with E-state index < -0.39 is 0 Å². The smallest absolute Gasteiger partial charge is 0.230 e. The van der Waals surface area contributed by atoms with Gasteiger partial charge in [0.2, 0.25) is 11.1 Å². The third kappa shape index (κ3) is 4.39. The van der Waals surface area contributed by atoms with Gasteiger partial charge in [0.1, 0.15) is 5.82 Å². The molecular weight excluding hydrogens is 340 g/mol. The summed E-state index contributed by atoms with van der Waals surface area (Å²) in [5.74, 6) is 2.23. The fourth-order valence-corrected chi connectivity index (χ4v) is 4.65. The number of aromatic nitrogens is 3. The SMILES string of the molecule is CC(C)C(NC(=O)CSc1n[nH]c(C2CCCC2)n1)c1cccs1. The Balaban J connectivity index is 1.51.